The summed E-state index contributed by atoms with van der Waals surface area (Å²) in [5.74, 6) is 3.04. The molecule has 1 aromatic heterocycles. The largest absolute Gasteiger partial charge is 0.489 e. The summed E-state index contributed by atoms with van der Waals surface area (Å²) >= 11 is 12.3. The van der Waals surface area contributed by atoms with Gasteiger partial charge in [-0.1, -0.05) is 37.6 Å². The third-order valence-electron chi connectivity index (χ3n) is 10.5. The Morgan fingerprint density at radius 1 is 0.939 bits per heavy atom. The number of anilines is 1. The van der Waals surface area contributed by atoms with E-state index in [-0.39, 0.29) is 6.61 Å². The highest BCUT2D eigenvalue weighted by Crippen LogP contribution is 2.38. The molecule has 3 aliphatic heterocycles. The molecule has 0 amide bonds. The molecule has 2 aromatic carbocycles. The van der Waals surface area contributed by atoms with E-state index in [0.29, 0.717) is 28.8 Å². The minimum Gasteiger partial charge on any atom is -0.489 e. The first-order chi connectivity index (χ1) is 23.8. The van der Waals surface area contributed by atoms with Crippen LogP contribution in [-0.4, -0.2) is 97.2 Å². The summed E-state index contributed by atoms with van der Waals surface area (Å²) in [5, 5.41) is 13.6. The van der Waals surface area contributed by atoms with E-state index in [1.54, 1.807) is 0 Å². The van der Waals surface area contributed by atoms with Crippen LogP contribution in [0.3, 0.4) is 0 Å². The van der Waals surface area contributed by atoms with Crippen LogP contribution in [0.5, 0.6) is 11.5 Å². The summed E-state index contributed by atoms with van der Waals surface area (Å²) in [6, 6.07) is 16.7. The van der Waals surface area contributed by atoms with Crippen molar-refractivity contribution in [3.63, 3.8) is 0 Å². The fourth-order valence-electron chi connectivity index (χ4n) is 7.40. The molecule has 6 rings (SSSR count). The predicted molar refractivity (Wildman–Crippen MR) is 196 cm³/mol. The van der Waals surface area contributed by atoms with Gasteiger partial charge in [-0.25, -0.2) is 9.97 Å². The zero-order valence-corrected chi connectivity index (χ0v) is 30.4. The molecular formula is C38H49Cl2N7O2. The predicted octanol–water partition coefficient (Wildman–Crippen LogP) is 6.11. The van der Waals surface area contributed by atoms with Crippen molar-refractivity contribution < 1.29 is 9.47 Å². The number of aromatic nitrogens is 2. The first-order valence-corrected chi connectivity index (χ1v) is 18.7. The van der Waals surface area contributed by atoms with E-state index in [4.69, 9.17) is 37.7 Å². The average molecular weight is 707 g/mol. The zero-order valence-electron chi connectivity index (χ0n) is 28.8. The second-order valence-corrected chi connectivity index (χ2v) is 14.8. The molecule has 0 unspecified atom stereocenters. The Labute approximate surface area is 301 Å². The summed E-state index contributed by atoms with van der Waals surface area (Å²) < 4.78 is 11.8. The highest BCUT2D eigenvalue weighted by molar-refractivity contribution is 6.32. The van der Waals surface area contributed by atoms with Crippen LogP contribution in [0.2, 0.25) is 5.02 Å². The van der Waals surface area contributed by atoms with E-state index in [1.165, 1.54) is 58.4 Å². The molecule has 3 aliphatic rings. The third kappa shape index (κ3) is 8.97. The summed E-state index contributed by atoms with van der Waals surface area (Å²) in [6.45, 7) is 14.9. The topological polar surface area (TPSA) is 89.8 Å². The van der Waals surface area contributed by atoms with Gasteiger partial charge >= 0.3 is 0 Å². The highest BCUT2D eigenvalue weighted by atomic mass is 35.5. The van der Waals surface area contributed by atoms with Crippen LogP contribution in [0.1, 0.15) is 61.9 Å². The Kier molecular flexibility index (Phi) is 12.2. The van der Waals surface area contributed by atoms with Crippen LogP contribution < -0.4 is 19.7 Å². The normalized spacial score (nSPS) is 18.7. The van der Waals surface area contributed by atoms with E-state index in [9.17, 15) is 5.26 Å². The number of likely N-dealkylation sites (tertiary alicyclic amines) is 1. The van der Waals surface area contributed by atoms with Gasteiger partial charge in [-0.2, -0.15) is 5.26 Å². The number of nitrogens with one attached hydrogen (secondary N) is 1. The minimum absolute atomic E-state index is 0.284. The van der Waals surface area contributed by atoms with Crippen LogP contribution in [0.15, 0.2) is 48.7 Å². The summed E-state index contributed by atoms with van der Waals surface area (Å²) in [4.78, 5) is 17.2. The van der Waals surface area contributed by atoms with E-state index in [1.807, 2.05) is 36.5 Å². The van der Waals surface area contributed by atoms with Crippen LogP contribution in [0.4, 0.5) is 5.95 Å². The molecule has 262 valence electrons. The van der Waals surface area contributed by atoms with Gasteiger partial charge in [-0.15, -0.1) is 11.6 Å². The number of piperazine rings is 1. The monoisotopic (exact) mass is 705 g/mol. The van der Waals surface area contributed by atoms with Crippen molar-refractivity contribution in [3.05, 3.63) is 76.1 Å². The van der Waals surface area contributed by atoms with Crippen LogP contribution in [0.25, 0.3) is 0 Å². The molecule has 3 saturated heterocycles. The van der Waals surface area contributed by atoms with Crippen molar-refractivity contribution in [2.45, 2.75) is 57.6 Å². The zero-order chi connectivity index (χ0) is 34.2. The first-order valence-electron chi connectivity index (χ1n) is 17.7. The van der Waals surface area contributed by atoms with Gasteiger partial charge in [0.1, 0.15) is 25.0 Å². The number of hydrogen-bond acceptors (Lipinski definition) is 9. The summed E-state index contributed by atoms with van der Waals surface area (Å²) in [7, 11) is 0. The minimum atomic E-state index is -0.408. The number of piperidine rings is 2. The number of hydrogen-bond donors (Lipinski definition) is 1. The Balaban J connectivity index is 0.980. The number of benzene rings is 2. The Bertz CT molecular complexity index is 1560. The van der Waals surface area contributed by atoms with Crippen molar-refractivity contribution in [1.29, 1.82) is 5.26 Å². The van der Waals surface area contributed by atoms with Crippen LogP contribution in [0, 0.1) is 17.2 Å². The van der Waals surface area contributed by atoms with E-state index in [2.05, 4.69) is 57.0 Å². The molecule has 0 aliphatic carbocycles. The second kappa shape index (κ2) is 16.7. The van der Waals surface area contributed by atoms with Gasteiger partial charge in [-0.3, -0.25) is 4.90 Å². The molecule has 9 nitrogen and oxygen atoms in total. The smallest absolute Gasteiger partial charge is 0.225 e. The number of halogens is 2. The lowest BCUT2D eigenvalue weighted by Crippen LogP contribution is -2.50. The standard InChI is InChI=1S/C38H49Cl2N7O2/c1-38(2,31-23-29(25-41)36(35(40)24-31)48-22-12-39)30-3-5-34(6-4-30)49-27-32-7-15-43-37(44-32)47-20-18-45(19-21-47)26-28-10-16-46(17-11-28)33-8-13-42-14-9-33/h3-7,15,23-24,28,33,42H,8-14,16-22,26-27H2,1-2H3. The van der Waals surface area contributed by atoms with Crippen LogP contribution in [-0.2, 0) is 12.0 Å². The maximum absolute atomic E-state index is 9.73. The van der Waals surface area contributed by atoms with Gasteiger partial charge < -0.3 is 24.6 Å². The van der Waals surface area contributed by atoms with Crippen molar-refractivity contribution in [2.24, 2.45) is 5.92 Å². The lowest BCUT2D eigenvalue weighted by atomic mass is 9.77. The SMILES string of the molecule is CC(C)(c1ccc(OCc2ccnc(N3CCN(CC4CCN(C5CCNCC5)CC4)CC3)n2)cc1)c1cc(Cl)c(OCCCl)c(C#N)c1. The highest BCUT2D eigenvalue weighted by Gasteiger charge is 2.29. The van der Waals surface area contributed by atoms with Crippen molar-refractivity contribution >= 4 is 29.2 Å². The molecule has 49 heavy (non-hydrogen) atoms. The van der Waals surface area contributed by atoms with Crippen molar-refractivity contribution in [1.82, 2.24) is 25.1 Å². The summed E-state index contributed by atoms with van der Waals surface area (Å²) in [5.41, 5.74) is 2.83. The first kappa shape index (κ1) is 35.7. The molecule has 0 atom stereocenters. The van der Waals surface area contributed by atoms with E-state index >= 15 is 0 Å². The Morgan fingerprint density at radius 3 is 2.37 bits per heavy atom. The fourth-order valence-corrected chi connectivity index (χ4v) is 7.75. The Morgan fingerprint density at radius 2 is 1.67 bits per heavy atom. The molecule has 3 aromatic rings. The number of alkyl halides is 1. The second-order valence-electron chi connectivity index (χ2n) is 14.0. The van der Waals surface area contributed by atoms with Gasteiger partial charge in [-0.05, 0) is 99.2 Å². The van der Waals surface area contributed by atoms with Gasteiger partial charge in [0, 0.05) is 50.4 Å². The number of nitriles is 1. The number of ether oxygens (including phenoxy) is 2. The van der Waals surface area contributed by atoms with Crippen molar-refractivity contribution in [3.8, 4) is 17.6 Å². The molecule has 0 spiro atoms. The van der Waals surface area contributed by atoms with Crippen molar-refractivity contribution in [2.75, 3.05) is 76.3 Å². The van der Waals surface area contributed by atoms with Gasteiger partial charge in [0.25, 0.3) is 0 Å². The molecular weight excluding hydrogens is 657 g/mol. The van der Waals surface area contributed by atoms with Crippen LogP contribution >= 0.6 is 23.2 Å². The quantitative estimate of drug-likeness (QED) is 0.224. The molecule has 1 N–H and O–H groups in total. The average Bonchev–Trinajstić information content (AvgIpc) is 3.14. The van der Waals surface area contributed by atoms with E-state index in [0.717, 1.165) is 66.7 Å². The lowest BCUT2D eigenvalue weighted by Gasteiger charge is -2.41. The Hall–Kier alpha value is -3.13. The van der Waals surface area contributed by atoms with Gasteiger partial charge in [0.2, 0.25) is 5.95 Å². The third-order valence-corrected chi connectivity index (χ3v) is 11.0. The maximum atomic E-state index is 9.73. The molecule has 3 fully saturated rings. The number of rotatable bonds is 12. The molecule has 0 radical (unpaired) electrons. The summed E-state index contributed by atoms with van der Waals surface area (Å²) in [6.07, 6.45) is 7.10. The molecule has 11 heteroatoms. The fraction of sp³-hybridized carbons (Fsp3) is 0.553. The van der Waals surface area contributed by atoms with Gasteiger partial charge in [0.15, 0.2) is 5.75 Å². The maximum Gasteiger partial charge on any atom is 0.225 e. The van der Waals surface area contributed by atoms with Gasteiger partial charge in [0.05, 0.1) is 22.2 Å². The molecule has 4 heterocycles. The molecule has 0 saturated carbocycles. The number of nitrogens with zero attached hydrogens (tertiary/aromatic N) is 6. The molecule has 0 bridgehead atoms. The van der Waals surface area contributed by atoms with E-state index < -0.39 is 5.41 Å². The lowest BCUT2D eigenvalue weighted by molar-refractivity contribution is 0.0929.